The lowest BCUT2D eigenvalue weighted by Gasteiger charge is -2.48. The molecule has 0 heterocycles. The molecule has 0 aromatic carbocycles. The molecule has 102 valence electrons. The summed E-state index contributed by atoms with van der Waals surface area (Å²) in [5, 5.41) is 2.97. The molecule has 0 bridgehead atoms. The summed E-state index contributed by atoms with van der Waals surface area (Å²) < 4.78 is 5.40. The van der Waals surface area contributed by atoms with E-state index in [1.54, 1.807) is 0 Å². The lowest BCUT2D eigenvalue weighted by molar-refractivity contribution is -0.172. The fraction of sp³-hybridized carbons (Fsp3) is 0.929. The van der Waals surface area contributed by atoms with Gasteiger partial charge < -0.3 is 10.1 Å². The van der Waals surface area contributed by atoms with Crippen LogP contribution in [0.3, 0.4) is 0 Å². The predicted molar refractivity (Wildman–Crippen MR) is 71.9 cm³/mol. The van der Waals surface area contributed by atoms with Crippen LogP contribution in [0.15, 0.2) is 0 Å². The van der Waals surface area contributed by atoms with Gasteiger partial charge in [-0.15, -0.1) is 0 Å². The summed E-state index contributed by atoms with van der Waals surface area (Å²) in [7, 11) is 1.85. The summed E-state index contributed by atoms with van der Waals surface area (Å²) in [5.74, 6) is -0.104. The smallest absolute Gasteiger partial charge is 0.312 e. The van der Waals surface area contributed by atoms with Gasteiger partial charge in [0.05, 0.1) is 5.41 Å². The lowest BCUT2D eigenvalue weighted by atomic mass is 9.55. The number of ether oxygens (including phenoxy) is 1. The topological polar surface area (TPSA) is 38.3 Å². The summed E-state index contributed by atoms with van der Waals surface area (Å²) in [6.45, 7) is 15.7. The first-order chi connectivity index (χ1) is 7.48. The van der Waals surface area contributed by atoms with Crippen molar-refractivity contribution < 1.29 is 9.53 Å². The largest absolute Gasteiger partial charge is 0.464 e. The second-order valence-corrected chi connectivity index (χ2v) is 6.86. The minimum Gasteiger partial charge on any atom is -0.464 e. The van der Waals surface area contributed by atoms with Crippen molar-refractivity contribution in [3.63, 3.8) is 0 Å². The summed E-state index contributed by atoms with van der Waals surface area (Å²) in [6.07, 6.45) is 0. The number of rotatable bonds is 4. The first kappa shape index (κ1) is 16.4. The monoisotopic (exact) mass is 243 g/mol. The van der Waals surface area contributed by atoms with Crippen LogP contribution in [-0.2, 0) is 9.53 Å². The van der Waals surface area contributed by atoms with Gasteiger partial charge in [0.25, 0.3) is 0 Å². The molecule has 0 rings (SSSR count). The Labute approximate surface area is 106 Å². The fourth-order valence-electron chi connectivity index (χ4n) is 2.13. The molecule has 3 nitrogen and oxygen atoms in total. The van der Waals surface area contributed by atoms with Gasteiger partial charge in [0, 0.05) is 6.54 Å². The number of carbonyl (C=O) groups excluding carboxylic acids is 1. The van der Waals surface area contributed by atoms with Crippen molar-refractivity contribution in [1.29, 1.82) is 0 Å². The average Bonchev–Trinajstić information content (AvgIpc) is 2.13. The Morgan fingerprint density at radius 2 is 1.41 bits per heavy atom. The summed E-state index contributed by atoms with van der Waals surface area (Å²) in [4.78, 5) is 12.4. The van der Waals surface area contributed by atoms with Gasteiger partial charge in [0.2, 0.25) is 0 Å². The first-order valence-electron chi connectivity index (χ1n) is 6.30. The van der Waals surface area contributed by atoms with Crippen LogP contribution in [-0.4, -0.2) is 26.2 Å². The number of likely N-dealkylation sites (N-methyl/N-ethyl adjacent to an activating group) is 1. The molecular formula is C14H29NO2. The number of esters is 1. The van der Waals surface area contributed by atoms with Gasteiger partial charge in [-0.05, 0) is 24.8 Å². The molecule has 0 spiro atoms. The van der Waals surface area contributed by atoms with Crippen LogP contribution in [0.25, 0.3) is 0 Å². The highest BCUT2D eigenvalue weighted by molar-refractivity contribution is 5.78. The van der Waals surface area contributed by atoms with E-state index in [9.17, 15) is 4.79 Å². The minimum absolute atomic E-state index is 0.104. The van der Waals surface area contributed by atoms with Crippen LogP contribution < -0.4 is 5.32 Å². The first-order valence-corrected chi connectivity index (χ1v) is 6.30. The molecule has 0 aliphatic rings. The minimum atomic E-state index is -0.506. The van der Waals surface area contributed by atoms with Gasteiger partial charge in [0.1, 0.15) is 6.61 Å². The highest BCUT2D eigenvalue weighted by Crippen LogP contribution is 2.51. The second kappa shape index (κ2) is 5.38. The second-order valence-electron chi connectivity index (χ2n) is 6.86. The predicted octanol–water partition coefficient (Wildman–Crippen LogP) is 2.85. The van der Waals surface area contributed by atoms with E-state index in [1.807, 2.05) is 14.0 Å². The van der Waals surface area contributed by atoms with E-state index in [2.05, 4.69) is 46.9 Å². The third-order valence-electron chi connectivity index (χ3n) is 3.99. The van der Waals surface area contributed by atoms with E-state index in [0.717, 1.165) is 0 Å². The Hall–Kier alpha value is -0.570. The maximum absolute atomic E-state index is 12.4. The molecule has 0 unspecified atom stereocenters. The quantitative estimate of drug-likeness (QED) is 0.609. The van der Waals surface area contributed by atoms with Crippen molar-refractivity contribution in [3.05, 3.63) is 0 Å². The molecule has 0 amide bonds. The number of carbonyl (C=O) groups is 1. The van der Waals surface area contributed by atoms with Gasteiger partial charge in [-0.2, -0.15) is 0 Å². The Bertz CT molecular complexity index is 244. The van der Waals surface area contributed by atoms with Crippen molar-refractivity contribution in [3.8, 4) is 0 Å². The van der Waals surface area contributed by atoms with Crippen LogP contribution in [0.1, 0.15) is 48.5 Å². The van der Waals surface area contributed by atoms with Crippen LogP contribution in [0.2, 0.25) is 0 Å². The molecule has 1 N–H and O–H groups in total. The van der Waals surface area contributed by atoms with E-state index < -0.39 is 5.41 Å². The van der Waals surface area contributed by atoms with E-state index in [-0.39, 0.29) is 16.8 Å². The standard InChI is InChI=1S/C14H29NO2/c1-12(2,3)14(7,13(4,5)6)11(16)17-10-9-15-8/h15H,9-10H2,1-8H3. The molecule has 0 saturated heterocycles. The highest BCUT2D eigenvalue weighted by atomic mass is 16.5. The molecule has 0 atom stereocenters. The molecule has 0 aromatic rings. The van der Waals surface area contributed by atoms with E-state index >= 15 is 0 Å². The molecular weight excluding hydrogens is 214 g/mol. The van der Waals surface area contributed by atoms with Crippen molar-refractivity contribution in [2.24, 2.45) is 16.2 Å². The maximum Gasteiger partial charge on any atom is 0.312 e. The fourth-order valence-corrected chi connectivity index (χ4v) is 2.13. The van der Waals surface area contributed by atoms with Crippen LogP contribution in [0.4, 0.5) is 0 Å². The Morgan fingerprint density at radius 3 is 1.71 bits per heavy atom. The Balaban J connectivity index is 5.03. The normalized spacial score (nSPS) is 13.6. The molecule has 0 fully saturated rings. The summed E-state index contributed by atoms with van der Waals surface area (Å²) in [5.41, 5.74) is -0.780. The van der Waals surface area contributed by atoms with E-state index in [0.29, 0.717) is 13.2 Å². The third-order valence-corrected chi connectivity index (χ3v) is 3.99. The molecule has 3 heteroatoms. The lowest BCUT2D eigenvalue weighted by Crippen LogP contribution is -2.51. The van der Waals surface area contributed by atoms with Gasteiger partial charge >= 0.3 is 5.97 Å². The van der Waals surface area contributed by atoms with E-state index in [4.69, 9.17) is 4.74 Å². The SMILES string of the molecule is CNCCOC(=O)C(C)(C(C)(C)C)C(C)(C)C. The zero-order chi connectivity index (χ0) is 13.9. The van der Waals surface area contributed by atoms with Crippen LogP contribution in [0.5, 0.6) is 0 Å². The van der Waals surface area contributed by atoms with Crippen molar-refractivity contribution >= 4 is 5.97 Å². The van der Waals surface area contributed by atoms with Gasteiger partial charge in [0.15, 0.2) is 0 Å². The van der Waals surface area contributed by atoms with Crippen molar-refractivity contribution in [2.45, 2.75) is 48.5 Å². The third kappa shape index (κ3) is 3.44. The van der Waals surface area contributed by atoms with Gasteiger partial charge in [-0.25, -0.2) is 0 Å². The van der Waals surface area contributed by atoms with E-state index in [1.165, 1.54) is 0 Å². The molecule has 17 heavy (non-hydrogen) atoms. The number of nitrogens with one attached hydrogen (secondary N) is 1. The Morgan fingerprint density at radius 1 is 1.00 bits per heavy atom. The molecule has 0 aliphatic carbocycles. The van der Waals surface area contributed by atoms with Crippen molar-refractivity contribution in [1.82, 2.24) is 5.32 Å². The number of hydrogen-bond donors (Lipinski definition) is 1. The molecule has 0 radical (unpaired) electrons. The maximum atomic E-state index is 12.4. The highest BCUT2D eigenvalue weighted by Gasteiger charge is 2.53. The zero-order valence-electron chi connectivity index (χ0n) is 12.7. The molecule has 0 aliphatic heterocycles. The van der Waals surface area contributed by atoms with Crippen molar-refractivity contribution in [2.75, 3.05) is 20.2 Å². The zero-order valence-corrected chi connectivity index (χ0v) is 12.7. The van der Waals surface area contributed by atoms with Crippen LogP contribution in [0, 0.1) is 16.2 Å². The van der Waals surface area contributed by atoms with Crippen LogP contribution >= 0.6 is 0 Å². The summed E-state index contributed by atoms with van der Waals surface area (Å²) in [6, 6.07) is 0. The summed E-state index contributed by atoms with van der Waals surface area (Å²) >= 11 is 0. The van der Waals surface area contributed by atoms with Gasteiger partial charge in [-0.3, -0.25) is 4.79 Å². The molecule has 0 saturated carbocycles. The Kier molecular flexibility index (Phi) is 5.20. The van der Waals surface area contributed by atoms with Gasteiger partial charge in [-0.1, -0.05) is 41.5 Å². The average molecular weight is 243 g/mol. The number of hydrogen-bond acceptors (Lipinski definition) is 3. The molecule has 0 aromatic heterocycles.